The maximum Gasteiger partial charge on any atom is 0.269 e. The molecule has 0 aliphatic heterocycles. The van der Waals surface area contributed by atoms with Gasteiger partial charge >= 0.3 is 0 Å². The molecule has 0 unspecified atom stereocenters. The van der Waals surface area contributed by atoms with Crippen LogP contribution in [0.25, 0.3) is 0 Å². The summed E-state index contributed by atoms with van der Waals surface area (Å²) in [7, 11) is 0. The summed E-state index contributed by atoms with van der Waals surface area (Å²) in [4.78, 5) is 15.0. The molecule has 0 aliphatic carbocycles. The Hall–Kier alpha value is -1.62. The Kier molecular flexibility index (Phi) is 13.6. The van der Waals surface area contributed by atoms with E-state index in [1.54, 1.807) is 12.1 Å². The third kappa shape index (κ3) is 9.05. The highest BCUT2D eigenvalue weighted by Crippen LogP contribution is 2.30. The van der Waals surface area contributed by atoms with Gasteiger partial charge in [0.25, 0.3) is 5.69 Å². The van der Waals surface area contributed by atoms with Crippen LogP contribution in [0.15, 0.2) is 29.3 Å². The molecule has 0 spiro atoms. The average Bonchev–Trinajstić information content (AvgIpc) is 2.68. The normalized spacial score (nSPS) is 11.5. The van der Waals surface area contributed by atoms with Crippen LogP contribution >= 0.6 is 24.0 Å². The number of benzene rings is 1. The van der Waals surface area contributed by atoms with Crippen LogP contribution in [0, 0.1) is 15.5 Å². The molecule has 9 heteroatoms. The molecule has 0 heterocycles. The Morgan fingerprint density at radius 1 is 1.14 bits per heavy atom. The van der Waals surface area contributed by atoms with Gasteiger partial charge in [-0.15, -0.1) is 24.0 Å². The van der Waals surface area contributed by atoms with Crippen LogP contribution in [0.3, 0.4) is 0 Å². The molecule has 0 fully saturated rings. The summed E-state index contributed by atoms with van der Waals surface area (Å²) in [6, 6.07) is 6.36. The first kappa shape index (κ1) is 26.4. The lowest BCUT2D eigenvalue weighted by Crippen LogP contribution is -2.40. The third-order valence-corrected chi connectivity index (χ3v) is 4.88. The minimum Gasteiger partial charge on any atom is -0.396 e. The van der Waals surface area contributed by atoms with E-state index in [1.807, 2.05) is 6.92 Å². The standard InChI is InChI=1S/C19H33N5O3.HI/c1-4-19(5-2,11-14-25)15-23-18(20-6-3)22-13-12-21-16-7-9-17(10-8-16)24(26)27;/h7-10,21,25H,4-6,11-15H2,1-3H3,(H2,20,22,23);1H. The zero-order chi connectivity index (χ0) is 20.1. The summed E-state index contributed by atoms with van der Waals surface area (Å²) in [6.07, 6.45) is 2.72. The van der Waals surface area contributed by atoms with Crippen molar-refractivity contribution in [1.29, 1.82) is 0 Å². The number of anilines is 1. The number of guanidine groups is 1. The van der Waals surface area contributed by atoms with Crippen LogP contribution in [0.1, 0.15) is 40.0 Å². The molecule has 1 aromatic carbocycles. The molecular formula is C19H34IN5O3. The molecule has 8 nitrogen and oxygen atoms in total. The second-order valence-electron chi connectivity index (χ2n) is 6.53. The fourth-order valence-corrected chi connectivity index (χ4v) is 2.82. The maximum absolute atomic E-state index is 10.7. The molecule has 0 aromatic heterocycles. The van der Waals surface area contributed by atoms with Gasteiger partial charge in [0.1, 0.15) is 0 Å². The van der Waals surface area contributed by atoms with Crippen molar-refractivity contribution in [3.05, 3.63) is 34.4 Å². The molecule has 0 amide bonds. The molecule has 0 atom stereocenters. The molecular weight excluding hydrogens is 473 g/mol. The monoisotopic (exact) mass is 507 g/mol. The average molecular weight is 507 g/mol. The quantitative estimate of drug-likeness (QED) is 0.0863. The number of nitro groups is 1. The van der Waals surface area contributed by atoms with Gasteiger partial charge in [-0.2, -0.15) is 0 Å². The van der Waals surface area contributed by atoms with Crippen molar-refractivity contribution in [3.63, 3.8) is 0 Å². The number of hydrogen-bond donors (Lipinski definition) is 4. The minimum absolute atomic E-state index is 0. The maximum atomic E-state index is 10.7. The molecule has 1 rings (SSSR count). The number of aliphatic hydroxyl groups excluding tert-OH is 1. The number of aliphatic imine (C=N–C) groups is 1. The predicted molar refractivity (Wildman–Crippen MR) is 126 cm³/mol. The van der Waals surface area contributed by atoms with E-state index in [0.717, 1.165) is 37.5 Å². The highest BCUT2D eigenvalue weighted by Gasteiger charge is 2.25. The van der Waals surface area contributed by atoms with Crippen molar-refractivity contribution >= 4 is 41.3 Å². The van der Waals surface area contributed by atoms with E-state index in [0.29, 0.717) is 19.6 Å². The van der Waals surface area contributed by atoms with Crippen LogP contribution in [-0.2, 0) is 0 Å². The van der Waals surface area contributed by atoms with Gasteiger partial charge in [0.2, 0.25) is 0 Å². The van der Waals surface area contributed by atoms with E-state index in [2.05, 4.69) is 29.8 Å². The summed E-state index contributed by atoms with van der Waals surface area (Å²) in [6.45, 7) is 9.25. The van der Waals surface area contributed by atoms with Gasteiger partial charge < -0.3 is 21.1 Å². The Morgan fingerprint density at radius 3 is 2.29 bits per heavy atom. The molecule has 4 N–H and O–H groups in total. The molecule has 0 radical (unpaired) electrons. The Labute approximate surface area is 184 Å². The third-order valence-electron chi connectivity index (χ3n) is 4.88. The van der Waals surface area contributed by atoms with Crippen LogP contribution in [0.5, 0.6) is 0 Å². The number of hydrogen-bond acceptors (Lipinski definition) is 5. The molecule has 0 saturated carbocycles. The van der Waals surface area contributed by atoms with Crippen LogP contribution in [0.2, 0.25) is 0 Å². The molecule has 28 heavy (non-hydrogen) atoms. The predicted octanol–water partition coefficient (Wildman–Crippen LogP) is 3.37. The number of nitro benzene ring substituents is 1. The van der Waals surface area contributed by atoms with E-state index in [-0.39, 0.29) is 41.7 Å². The lowest BCUT2D eigenvalue weighted by Gasteiger charge is -2.29. The van der Waals surface area contributed by atoms with Crippen molar-refractivity contribution in [3.8, 4) is 0 Å². The van der Waals surface area contributed by atoms with E-state index in [9.17, 15) is 15.2 Å². The number of rotatable bonds is 12. The molecule has 0 aliphatic rings. The summed E-state index contributed by atoms with van der Waals surface area (Å²) in [5, 5.41) is 29.8. The van der Waals surface area contributed by atoms with E-state index in [4.69, 9.17) is 4.99 Å². The largest absolute Gasteiger partial charge is 0.396 e. The lowest BCUT2D eigenvalue weighted by molar-refractivity contribution is -0.384. The zero-order valence-corrected chi connectivity index (χ0v) is 19.4. The Morgan fingerprint density at radius 2 is 1.79 bits per heavy atom. The van der Waals surface area contributed by atoms with Gasteiger partial charge in [-0.1, -0.05) is 13.8 Å². The lowest BCUT2D eigenvalue weighted by atomic mass is 9.79. The van der Waals surface area contributed by atoms with Gasteiger partial charge in [0.05, 0.1) is 4.92 Å². The van der Waals surface area contributed by atoms with Crippen molar-refractivity contribution in [1.82, 2.24) is 10.6 Å². The van der Waals surface area contributed by atoms with Crippen LogP contribution in [-0.4, -0.2) is 48.8 Å². The highest BCUT2D eigenvalue weighted by molar-refractivity contribution is 14.0. The number of aliphatic hydroxyl groups is 1. The summed E-state index contributed by atoms with van der Waals surface area (Å²) in [5.74, 6) is 0.757. The highest BCUT2D eigenvalue weighted by atomic mass is 127. The van der Waals surface area contributed by atoms with Gasteiger partial charge in [0, 0.05) is 50.6 Å². The van der Waals surface area contributed by atoms with Crippen LogP contribution < -0.4 is 16.0 Å². The first-order valence-corrected chi connectivity index (χ1v) is 9.61. The first-order chi connectivity index (χ1) is 13.0. The second kappa shape index (κ2) is 14.4. The van der Waals surface area contributed by atoms with Gasteiger partial charge in [-0.25, -0.2) is 0 Å². The summed E-state index contributed by atoms with van der Waals surface area (Å²) >= 11 is 0. The van der Waals surface area contributed by atoms with Gasteiger partial charge in [-0.3, -0.25) is 15.1 Å². The minimum atomic E-state index is -0.409. The number of non-ortho nitro benzene ring substituents is 1. The second-order valence-corrected chi connectivity index (χ2v) is 6.53. The van der Waals surface area contributed by atoms with Crippen molar-refractivity contribution in [2.24, 2.45) is 10.4 Å². The van der Waals surface area contributed by atoms with E-state index in [1.165, 1.54) is 12.1 Å². The molecule has 1 aromatic rings. The Bertz CT molecular complexity index is 592. The summed E-state index contributed by atoms with van der Waals surface area (Å²) < 4.78 is 0. The van der Waals surface area contributed by atoms with Gasteiger partial charge in [0.15, 0.2) is 5.96 Å². The topological polar surface area (TPSA) is 112 Å². The van der Waals surface area contributed by atoms with Crippen LogP contribution in [0.4, 0.5) is 11.4 Å². The SMILES string of the molecule is CCNC(=NCC(CC)(CC)CCO)NCCNc1ccc([N+](=O)[O-])cc1.I. The van der Waals surface area contributed by atoms with E-state index < -0.39 is 4.92 Å². The Balaban J connectivity index is 0.00000729. The zero-order valence-electron chi connectivity index (χ0n) is 17.0. The first-order valence-electron chi connectivity index (χ1n) is 9.61. The summed E-state index contributed by atoms with van der Waals surface area (Å²) in [5.41, 5.74) is 0.954. The fourth-order valence-electron chi connectivity index (χ4n) is 2.82. The van der Waals surface area contributed by atoms with Crippen molar-refractivity contribution in [2.45, 2.75) is 40.0 Å². The smallest absolute Gasteiger partial charge is 0.269 e. The van der Waals surface area contributed by atoms with E-state index >= 15 is 0 Å². The van der Waals surface area contributed by atoms with Crippen molar-refractivity contribution in [2.75, 3.05) is 38.1 Å². The number of nitrogens with zero attached hydrogens (tertiary/aromatic N) is 2. The van der Waals surface area contributed by atoms with Gasteiger partial charge in [-0.05, 0) is 43.7 Å². The molecule has 0 saturated heterocycles. The fraction of sp³-hybridized carbons (Fsp3) is 0.632. The van der Waals surface area contributed by atoms with Crippen molar-refractivity contribution < 1.29 is 10.0 Å². The number of halogens is 1. The number of nitrogens with one attached hydrogen (secondary N) is 3. The molecule has 0 bridgehead atoms. The molecule has 160 valence electrons.